The van der Waals surface area contributed by atoms with Gasteiger partial charge in [-0.05, 0) is 38.4 Å². The van der Waals surface area contributed by atoms with E-state index in [0.29, 0.717) is 6.61 Å². The normalized spacial score (nSPS) is 14.2. The maximum Gasteiger partial charge on any atom is 0.0964 e. The molecule has 0 aromatic heterocycles. The number of benzene rings is 1. The average molecular weight is 344 g/mol. The molecule has 0 spiro atoms. The standard InChI is InChI=1S/C16H26BrNO2/c1-4-10-18-11-16(20-13(3)12-19-5-2)14-8-6-7-9-15(14)17/h6-9,13,16,18H,4-5,10-12H2,1-3H3. The Morgan fingerprint density at radius 2 is 2.00 bits per heavy atom. The van der Waals surface area contributed by atoms with Crippen LogP contribution in [0.4, 0.5) is 0 Å². The molecule has 1 aromatic carbocycles. The monoisotopic (exact) mass is 343 g/mol. The smallest absolute Gasteiger partial charge is 0.0964 e. The third-order valence-electron chi connectivity index (χ3n) is 2.96. The van der Waals surface area contributed by atoms with Gasteiger partial charge in [-0.1, -0.05) is 41.1 Å². The molecule has 1 rings (SSSR count). The summed E-state index contributed by atoms with van der Waals surface area (Å²) in [5, 5.41) is 3.44. The van der Waals surface area contributed by atoms with Gasteiger partial charge in [0.1, 0.15) is 0 Å². The summed E-state index contributed by atoms with van der Waals surface area (Å²) in [6.07, 6.45) is 1.24. The van der Waals surface area contributed by atoms with E-state index in [2.05, 4.69) is 47.2 Å². The minimum absolute atomic E-state index is 0.0348. The van der Waals surface area contributed by atoms with Crippen molar-refractivity contribution in [1.82, 2.24) is 5.32 Å². The molecule has 3 nitrogen and oxygen atoms in total. The number of ether oxygens (including phenoxy) is 2. The Hall–Kier alpha value is -0.420. The van der Waals surface area contributed by atoms with Crippen LogP contribution in [-0.2, 0) is 9.47 Å². The molecule has 1 aromatic rings. The predicted octanol–water partition coefficient (Wildman–Crippen LogP) is 3.93. The first-order valence-corrected chi connectivity index (χ1v) is 8.16. The van der Waals surface area contributed by atoms with Gasteiger partial charge in [0.25, 0.3) is 0 Å². The summed E-state index contributed by atoms with van der Waals surface area (Å²) in [7, 11) is 0. The Morgan fingerprint density at radius 3 is 2.65 bits per heavy atom. The fourth-order valence-corrected chi connectivity index (χ4v) is 2.52. The average Bonchev–Trinajstić information content (AvgIpc) is 2.45. The molecule has 0 aliphatic rings. The lowest BCUT2D eigenvalue weighted by atomic mass is 10.1. The van der Waals surface area contributed by atoms with Crippen molar-refractivity contribution in [3.63, 3.8) is 0 Å². The van der Waals surface area contributed by atoms with Gasteiger partial charge in [0.2, 0.25) is 0 Å². The second-order valence-electron chi connectivity index (χ2n) is 4.82. The Labute approximate surface area is 131 Å². The molecule has 0 aliphatic heterocycles. The van der Waals surface area contributed by atoms with Crippen LogP contribution in [0.25, 0.3) is 0 Å². The molecule has 2 atom stereocenters. The van der Waals surface area contributed by atoms with Crippen LogP contribution in [0.15, 0.2) is 28.7 Å². The van der Waals surface area contributed by atoms with E-state index < -0.39 is 0 Å². The second-order valence-corrected chi connectivity index (χ2v) is 5.67. The fraction of sp³-hybridized carbons (Fsp3) is 0.625. The van der Waals surface area contributed by atoms with Crippen molar-refractivity contribution in [2.75, 3.05) is 26.3 Å². The van der Waals surface area contributed by atoms with E-state index in [1.165, 1.54) is 5.56 Å². The quantitative estimate of drug-likeness (QED) is 0.653. The molecule has 0 aliphatic carbocycles. The van der Waals surface area contributed by atoms with Gasteiger partial charge in [-0.15, -0.1) is 0 Å². The fourth-order valence-electron chi connectivity index (χ4n) is 1.98. The van der Waals surface area contributed by atoms with Crippen LogP contribution in [0.2, 0.25) is 0 Å². The van der Waals surface area contributed by atoms with Crippen molar-refractivity contribution in [3.05, 3.63) is 34.3 Å². The highest BCUT2D eigenvalue weighted by atomic mass is 79.9. The summed E-state index contributed by atoms with van der Waals surface area (Å²) in [5.74, 6) is 0. The Bertz CT molecular complexity index is 373. The molecule has 4 heteroatoms. The predicted molar refractivity (Wildman–Crippen MR) is 87.1 cm³/mol. The summed E-state index contributed by atoms with van der Waals surface area (Å²) >= 11 is 3.61. The number of hydrogen-bond acceptors (Lipinski definition) is 3. The van der Waals surface area contributed by atoms with Crippen LogP contribution in [-0.4, -0.2) is 32.4 Å². The molecule has 0 bridgehead atoms. The van der Waals surface area contributed by atoms with E-state index >= 15 is 0 Å². The molecule has 0 heterocycles. The minimum atomic E-state index is 0.0348. The maximum absolute atomic E-state index is 6.15. The second kappa shape index (κ2) is 10.3. The van der Waals surface area contributed by atoms with Crippen LogP contribution >= 0.6 is 15.9 Å². The molecule has 20 heavy (non-hydrogen) atoms. The van der Waals surface area contributed by atoms with Crippen molar-refractivity contribution in [1.29, 1.82) is 0 Å². The maximum atomic E-state index is 6.15. The van der Waals surface area contributed by atoms with Crippen molar-refractivity contribution in [2.24, 2.45) is 0 Å². The molecular formula is C16H26BrNO2. The van der Waals surface area contributed by atoms with Crippen LogP contribution in [0, 0.1) is 0 Å². The Morgan fingerprint density at radius 1 is 1.25 bits per heavy atom. The van der Waals surface area contributed by atoms with Gasteiger partial charge < -0.3 is 14.8 Å². The van der Waals surface area contributed by atoms with E-state index in [1.807, 2.05) is 19.1 Å². The van der Waals surface area contributed by atoms with Crippen LogP contribution in [0.5, 0.6) is 0 Å². The summed E-state index contributed by atoms with van der Waals surface area (Å²) < 4.78 is 12.7. The highest BCUT2D eigenvalue weighted by molar-refractivity contribution is 9.10. The van der Waals surface area contributed by atoms with Crippen molar-refractivity contribution >= 4 is 15.9 Å². The topological polar surface area (TPSA) is 30.5 Å². The van der Waals surface area contributed by atoms with Crippen LogP contribution in [0.3, 0.4) is 0 Å². The third-order valence-corrected chi connectivity index (χ3v) is 3.68. The zero-order chi connectivity index (χ0) is 14.8. The molecule has 0 radical (unpaired) electrons. The molecule has 0 fully saturated rings. The molecular weight excluding hydrogens is 318 g/mol. The molecule has 2 unspecified atom stereocenters. The summed E-state index contributed by atoms with van der Waals surface area (Å²) in [5.41, 5.74) is 1.18. The van der Waals surface area contributed by atoms with Crippen LogP contribution in [0.1, 0.15) is 38.9 Å². The number of rotatable bonds is 10. The highest BCUT2D eigenvalue weighted by Gasteiger charge is 2.17. The molecule has 0 saturated heterocycles. The van der Waals surface area contributed by atoms with Gasteiger partial charge in [0.15, 0.2) is 0 Å². The third kappa shape index (κ3) is 6.35. The first kappa shape index (κ1) is 17.6. The lowest BCUT2D eigenvalue weighted by molar-refractivity contribution is -0.0471. The van der Waals surface area contributed by atoms with Gasteiger partial charge in [-0.25, -0.2) is 0 Å². The molecule has 1 N–H and O–H groups in total. The molecule has 114 valence electrons. The van der Waals surface area contributed by atoms with Crippen molar-refractivity contribution in [3.8, 4) is 0 Å². The van der Waals surface area contributed by atoms with E-state index in [-0.39, 0.29) is 12.2 Å². The summed E-state index contributed by atoms with van der Waals surface area (Å²) in [6.45, 7) is 9.39. The van der Waals surface area contributed by atoms with E-state index in [1.54, 1.807) is 0 Å². The van der Waals surface area contributed by atoms with E-state index in [4.69, 9.17) is 9.47 Å². The van der Waals surface area contributed by atoms with Gasteiger partial charge in [0, 0.05) is 17.6 Å². The van der Waals surface area contributed by atoms with Gasteiger partial charge in [0.05, 0.1) is 18.8 Å². The van der Waals surface area contributed by atoms with Crippen molar-refractivity contribution in [2.45, 2.75) is 39.4 Å². The summed E-state index contributed by atoms with van der Waals surface area (Å²) in [6, 6.07) is 8.23. The molecule has 0 saturated carbocycles. The molecule has 0 amide bonds. The lowest BCUT2D eigenvalue weighted by Gasteiger charge is -2.24. The summed E-state index contributed by atoms with van der Waals surface area (Å²) in [4.78, 5) is 0. The zero-order valence-electron chi connectivity index (χ0n) is 12.7. The van der Waals surface area contributed by atoms with E-state index in [0.717, 1.165) is 30.6 Å². The van der Waals surface area contributed by atoms with Gasteiger partial charge in [-0.2, -0.15) is 0 Å². The Balaban J connectivity index is 2.67. The zero-order valence-corrected chi connectivity index (χ0v) is 14.3. The SMILES string of the molecule is CCCNCC(OC(C)COCC)c1ccccc1Br. The number of hydrogen-bond donors (Lipinski definition) is 1. The minimum Gasteiger partial charge on any atom is -0.379 e. The first-order chi connectivity index (χ1) is 9.69. The largest absolute Gasteiger partial charge is 0.379 e. The van der Waals surface area contributed by atoms with E-state index in [9.17, 15) is 0 Å². The Kier molecular flexibility index (Phi) is 9.10. The van der Waals surface area contributed by atoms with Crippen LogP contribution < -0.4 is 5.32 Å². The van der Waals surface area contributed by atoms with Gasteiger partial charge in [-0.3, -0.25) is 0 Å². The lowest BCUT2D eigenvalue weighted by Crippen LogP contribution is -2.28. The van der Waals surface area contributed by atoms with Crippen molar-refractivity contribution < 1.29 is 9.47 Å². The first-order valence-electron chi connectivity index (χ1n) is 7.37. The van der Waals surface area contributed by atoms with Gasteiger partial charge >= 0.3 is 0 Å². The number of nitrogens with one attached hydrogen (secondary N) is 1. The highest BCUT2D eigenvalue weighted by Crippen LogP contribution is 2.26. The number of halogens is 1.